The first-order valence-corrected chi connectivity index (χ1v) is 8.86. The summed E-state index contributed by atoms with van der Waals surface area (Å²) in [5.74, 6) is 1.44. The molecular formula is C18H27N7. The lowest BCUT2D eigenvalue weighted by Gasteiger charge is -2.29. The largest absolute Gasteiger partial charge is 0.370 e. The van der Waals surface area contributed by atoms with Crippen LogP contribution in [0.1, 0.15) is 12.0 Å². The summed E-state index contributed by atoms with van der Waals surface area (Å²) in [6, 6.07) is 8.43. The maximum Gasteiger partial charge on any atom is 0.229 e. The van der Waals surface area contributed by atoms with E-state index in [4.69, 9.17) is 5.73 Å². The zero-order valence-corrected chi connectivity index (χ0v) is 14.8. The predicted molar refractivity (Wildman–Crippen MR) is 104 cm³/mol. The van der Waals surface area contributed by atoms with Gasteiger partial charge in [-0.05, 0) is 44.2 Å². The van der Waals surface area contributed by atoms with E-state index in [1.807, 2.05) is 13.1 Å². The minimum Gasteiger partial charge on any atom is -0.370 e. The molecule has 1 aromatic heterocycles. The molecule has 0 unspecified atom stereocenters. The van der Waals surface area contributed by atoms with Crippen molar-refractivity contribution in [1.82, 2.24) is 15.3 Å². The summed E-state index contributed by atoms with van der Waals surface area (Å²) >= 11 is 0. The molecule has 134 valence electrons. The van der Waals surface area contributed by atoms with Crippen molar-refractivity contribution in [2.45, 2.75) is 13.3 Å². The van der Waals surface area contributed by atoms with Gasteiger partial charge in [0.25, 0.3) is 0 Å². The van der Waals surface area contributed by atoms with E-state index < -0.39 is 0 Å². The van der Waals surface area contributed by atoms with E-state index in [1.54, 1.807) is 0 Å². The Morgan fingerprint density at radius 3 is 2.68 bits per heavy atom. The highest BCUT2D eigenvalue weighted by Gasteiger charge is 2.10. The lowest BCUT2D eigenvalue weighted by atomic mass is 10.2. The summed E-state index contributed by atoms with van der Waals surface area (Å²) in [7, 11) is 0. The van der Waals surface area contributed by atoms with Crippen LogP contribution in [-0.4, -0.2) is 49.2 Å². The van der Waals surface area contributed by atoms with Crippen molar-refractivity contribution < 1.29 is 0 Å². The van der Waals surface area contributed by atoms with Crippen LogP contribution >= 0.6 is 0 Å². The standard InChI is InChI=1S/C18H27N7/c1-14-13-22-18(24-17(14)21-8-2-7-19)23-15-3-5-16(6-4-15)25-11-9-20-10-12-25/h3-6,13,20H,2,7-12,19H2,1H3,(H2,21,22,23,24). The van der Waals surface area contributed by atoms with Crippen molar-refractivity contribution in [3.63, 3.8) is 0 Å². The molecule has 0 amide bonds. The van der Waals surface area contributed by atoms with Crippen LogP contribution in [0.5, 0.6) is 0 Å². The van der Waals surface area contributed by atoms with Gasteiger partial charge in [-0.15, -0.1) is 0 Å². The van der Waals surface area contributed by atoms with E-state index in [0.717, 1.165) is 56.2 Å². The molecule has 0 radical (unpaired) electrons. The Kier molecular flexibility index (Phi) is 6.03. The van der Waals surface area contributed by atoms with Crippen LogP contribution in [0.25, 0.3) is 0 Å². The molecule has 7 nitrogen and oxygen atoms in total. The van der Waals surface area contributed by atoms with E-state index in [9.17, 15) is 0 Å². The Hall–Kier alpha value is -2.38. The summed E-state index contributed by atoms with van der Waals surface area (Å²) in [6.07, 6.45) is 2.74. The smallest absolute Gasteiger partial charge is 0.229 e. The van der Waals surface area contributed by atoms with Gasteiger partial charge < -0.3 is 26.6 Å². The molecule has 0 spiro atoms. The van der Waals surface area contributed by atoms with E-state index in [-0.39, 0.29) is 0 Å². The molecule has 0 atom stereocenters. The third-order valence-electron chi connectivity index (χ3n) is 4.25. The second-order valence-electron chi connectivity index (χ2n) is 6.20. The Labute approximate surface area is 149 Å². The van der Waals surface area contributed by atoms with Crippen LogP contribution < -0.4 is 26.6 Å². The molecule has 2 aromatic rings. The fourth-order valence-electron chi connectivity index (χ4n) is 2.80. The van der Waals surface area contributed by atoms with Gasteiger partial charge >= 0.3 is 0 Å². The number of nitrogens with two attached hydrogens (primary N) is 1. The van der Waals surface area contributed by atoms with Gasteiger partial charge in [0.1, 0.15) is 5.82 Å². The third-order valence-corrected chi connectivity index (χ3v) is 4.25. The maximum absolute atomic E-state index is 5.54. The third kappa shape index (κ3) is 4.80. The summed E-state index contributed by atoms with van der Waals surface area (Å²) in [6.45, 7) is 7.65. The SMILES string of the molecule is Cc1cnc(Nc2ccc(N3CCNCC3)cc2)nc1NCCCN. The lowest BCUT2D eigenvalue weighted by molar-refractivity contribution is 0.589. The molecule has 2 heterocycles. The molecule has 0 aliphatic carbocycles. The van der Waals surface area contributed by atoms with Gasteiger partial charge in [-0.25, -0.2) is 4.98 Å². The normalized spacial score (nSPS) is 14.4. The van der Waals surface area contributed by atoms with Crippen molar-refractivity contribution in [2.75, 3.05) is 54.8 Å². The van der Waals surface area contributed by atoms with Crippen molar-refractivity contribution in [3.05, 3.63) is 36.0 Å². The first-order chi connectivity index (χ1) is 12.3. The number of anilines is 4. The first kappa shape index (κ1) is 17.4. The molecule has 5 N–H and O–H groups in total. The van der Waals surface area contributed by atoms with Crippen molar-refractivity contribution in [1.29, 1.82) is 0 Å². The first-order valence-electron chi connectivity index (χ1n) is 8.86. The van der Waals surface area contributed by atoms with Gasteiger partial charge in [-0.1, -0.05) is 0 Å². The molecule has 7 heteroatoms. The number of aryl methyl sites for hydroxylation is 1. The average Bonchev–Trinajstić information content (AvgIpc) is 2.66. The molecule has 1 saturated heterocycles. The minimum atomic E-state index is 0.593. The van der Waals surface area contributed by atoms with Gasteiger partial charge in [-0.3, -0.25) is 0 Å². The number of piperazine rings is 1. The molecule has 0 bridgehead atoms. The molecular weight excluding hydrogens is 314 g/mol. The van der Waals surface area contributed by atoms with Crippen LogP contribution in [0.4, 0.5) is 23.1 Å². The van der Waals surface area contributed by atoms with Crippen LogP contribution in [0.2, 0.25) is 0 Å². The number of nitrogens with zero attached hydrogens (tertiary/aromatic N) is 3. The van der Waals surface area contributed by atoms with Gasteiger partial charge in [0.15, 0.2) is 0 Å². The van der Waals surface area contributed by atoms with E-state index in [0.29, 0.717) is 12.5 Å². The summed E-state index contributed by atoms with van der Waals surface area (Å²) in [5.41, 5.74) is 8.79. The number of hydrogen-bond acceptors (Lipinski definition) is 7. The summed E-state index contributed by atoms with van der Waals surface area (Å²) < 4.78 is 0. The van der Waals surface area contributed by atoms with Crippen molar-refractivity contribution in [2.24, 2.45) is 5.73 Å². The molecule has 1 aromatic carbocycles. The van der Waals surface area contributed by atoms with Gasteiger partial charge in [0.05, 0.1) is 0 Å². The molecule has 3 rings (SSSR count). The Balaban J connectivity index is 1.64. The highest BCUT2D eigenvalue weighted by molar-refractivity contribution is 5.60. The fraction of sp³-hybridized carbons (Fsp3) is 0.444. The minimum absolute atomic E-state index is 0.593. The van der Waals surface area contributed by atoms with Crippen LogP contribution in [0.15, 0.2) is 30.5 Å². The maximum atomic E-state index is 5.54. The zero-order chi connectivity index (χ0) is 17.5. The van der Waals surface area contributed by atoms with Gasteiger partial charge in [0, 0.05) is 55.9 Å². The number of aromatic nitrogens is 2. The van der Waals surface area contributed by atoms with Crippen LogP contribution in [-0.2, 0) is 0 Å². The topological polar surface area (TPSA) is 91.1 Å². The van der Waals surface area contributed by atoms with Crippen molar-refractivity contribution >= 4 is 23.1 Å². The lowest BCUT2D eigenvalue weighted by Crippen LogP contribution is -2.43. The summed E-state index contributed by atoms with van der Waals surface area (Å²) in [5, 5.41) is 9.96. The highest BCUT2D eigenvalue weighted by Crippen LogP contribution is 2.21. The Morgan fingerprint density at radius 1 is 1.20 bits per heavy atom. The van der Waals surface area contributed by atoms with Crippen LogP contribution in [0, 0.1) is 6.92 Å². The number of benzene rings is 1. The summed E-state index contributed by atoms with van der Waals surface area (Å²) in [4.78, 5) is 11.3. The van der Waals surface area contributed by atoms with Crippen molar-refractivity contribution in [3.8, 4) is 0 Å². The molecule has 0 saturated carbocycles. The number of hydrogen-bond donors (Lipinski definition) is 4. The average molecular weight is 341 g/mol. The monoisotopic (exact) mass is 341 g/mol. The molecule has 1 aliphatic heterocycles. The Bertz CT molecular complexity index is 666. The predicted octanol–water partition coefficient (Wildman–Crippen LogP) is 1.70. The zero-order valence-electron chi connectivity index (χ0n) is 14.8. The Morgan fingerprint density at radius 2 is 1.96 bits per heavy atom. The molecule has 25 heavy (non-hydrogen) atoms. The van der Waals surface area contributed by atoms with Gasteiger partial charge in [0.2, 0.25) is 5.95 Å². The number of rotatable bonds is 7. The fourth-order valence-corrected chi connectivity index (χ4v) is 2.80. The molecule has 1 aliphatic rings. The van der Waals surface area contributed by atoms with E-state index in [1.165, 1.54) is 5.69 Å². The quantitative estimate of drug-likeness (QED) is 0.570. The van der Waals surface area contributed by atoms with E-state index in [2.05, 4.69) is 55.1 Å². The number of nitrogens with one attached hydrogen (secondary N) is 3. The van der Waals surface area contributed by atoms with Gasteiger partial charge in [-0.2, -0.15) is 4.98 Å². The highest BCUT2D eigenvalue weighted by atomic mass is 15.2. The second kappa shape index (κ2) is 8.64. The molecule has 1 fully saturated rings. The second-order valence-corrected chi connectivity index (χ2v) is 6.20. The van der Waals surface area contributed by atoms with E-state index >= 15 is 0 Å². The van der Waals surface area contributed by atoms with Crippen LogP contribution in [0.3, 0.4) is 0 Å².